The van der Waals surface area contributed by atoms with E-state index in [0.29, 0.717) is 17.8 Å². The molecule has 6 rings (SSSR count). The zero-order chi connectivity index (χ0) is 27.4. The third-order valence-electron chi connectivity index (χ3n) is 7.66. The zero-order valence-electron chi connectivity index (χ0n) is 21.6. The van der Waals surface area contributed by atoms with Gasteiger partial charge in [-0.05, 0) is 91.9 Å². The van der Waals surface area contributed by atoms with Gasteiger partial charge in [0, 0.05) is 19.3 Å². The number of halogens is 1. The van der Waals surface area contributed by atoms with Gasteiger partial charge in [0.2, 0.25) is 10.0 Å². The van der Waals surface area contributed by atoms with Crippen molar-refractivity contribution in [3.63, 3.8) is 0 Å². The Bertz CT molecular complexity index is 1730. The topological polar surface area (TPSA) is 85.2 Å². The van der Waals surface area contributed by atoms with Gasteiger partial charge in [0.25, 0.3) is 0 Å². The first kappa shape index (κ1) is 25.3. The second-order valence-corrected chi connectivity index (χ2v) is 12.3. The van der Waals surface area contributed by atoms with E-state index >= 15 is 0 Å². The lowest BCUT2D eigenvalue weighted by atomic mass is 9.65. The number of sulfonamides is 1. The van der Waals surface area contributed by atoms with Crippen molar-refractivity contribution in [1.82, 2.24) is 19.1 Å². The Balaban J connectivity index is 1.46. The number of aryl methyl sites for hydroxylation is 2. The van der Waals surface area contributed by atoms with Gasteiger partial charge >= 0.3 is 0 Å². The molecule has 0 spiro atoms. The number of rotatable bonds is 5. The average molecular weight is 543 g/mol. The molecule has 7 nitrogen and oxygen atoms in total. The fourth-order valence-electron chi connectivity index (χ4n) is 5.58. The lowest BCUT2D eigenvalue weighted by molar-refractivity contribution is 0.0770. The van der Waals surface area contributed by atoms with Crippen LogP contribution in [0.1, 0.15) is 39.3 Å². The number of carbonyl (C=O) groups is 1. The number of carbonyl (C=O) groups excluding carboxylic acids is 1. The van der Waals surface area contributed by atoms with Crippen molar-refractivity contribution in [1.29, 1.82) is 0 Å². The summed E-state index contributed by atoms with van der Waals surface area (Å²) in [5.41, 5.74) is 4.13. The number of piperidine rings is 1. The van der Waals surface area contributed by atoms with E-state index in [-0.39, 0.29) is 36.0 Å². The van der Waals surface area contributed by atoms with Crippen LogP contribution in [0.2, 0.25) is 0 Å². The molecule has 0 unspecified atom stereocenters. The van der Waals surface area contributed by atoms with Crippen LogP contribution in [0, 0.1) is 25.1 Å². The van der Waals surface area contributed by atoms with Gasteiger partial charge < -0.3 is 0 Å². The summed E-state index contributed by atoms with van der Waals surface area (Å²) < 4.78 is 44.2. The molecule has 0 amide bonds. The first-order chi connectivity index (χ1) is 18.7. The third-order valence-corrected chi connectivity index (χ3v) is 9.50. The van der Waals surface area contributed by atoms with Gasteiger partial charge in [-0.25, -0.2) is 17.5 Å². The van der Waals surface area contributed by atoms with Crippen molar-refractivity contribution < 1.29 is 17.6 Å². The number of hydrogen-bond acceptors (Lipinski definition) is 5. The smallest absolute Gasteiger partial charge is 0.243 e. The normalized spacial score (nSPS) is 19.2. The van der Waals surface area contributed by atoms with E-state index in [9.17, 15) is 17.6 Å². The van der Waals surface area contributed by atoms with Gasteiger partial charge in [-0.15, -0.1) is 0 Å². The van der Waals surface area contributed by atoms with Crippen LogP contribution in [0.5, 0.6) is 0 Å². The molecule has 39 heavy (non-hydrogen) atoms. The highest BCUT2D eigenvalue weighted by molar-refractivity contribution is 7.89. The Hall–Kier alpha value is -3.95. The first-order valence-corrected chi connectivity index (χ1v) is 14.2. The number of benzene rings is 2. The van der Waals surface area contributed by atoms with Gasteiger partial charge in [-0.2, -0.15) is 9.40 Å². The monoisotopic (exact) mass is 542 g/mol. The van der Waals surface area contributed by atoms with Crippen molar-refractivity contribution >= 4 is 21.9 Å². The van der Waals surface area contributed by atoms with E-state index in [1.54, 1.807) is 53.5 Å². The van der Waals surface area contributed by atoms with Crippen LogP contribution in [0.4, 0.5) is 4.39 Å². The fraction of sp³-hybridized carbons (Fsp3) is 0.233. The van der Waals surface area contributed by atoms with Gasteiger partial charge in [0.15, 0.2) is 5.78 Å². The van der Waals surface area contributed by atoms with Crippen molar-refractivity contribution in [3.8, 4) is 5.69 Å². The number of ketones is 1. The Morgan fingerprint density at radius 1 is 1.00 bits per heavy atom. The molecule has 0 saturated carbocycles. The number of fused-ring (bicyclic) bond motifs is 2. The summed E-state index contributed by atoms with van der Waals surface area (Å²) in [6.07, 6.45) is 5.98. The zero-order valence-corrected chi connectivity index (χ0v) is 22.5. The number of Topliss-reactive ketones (excluding diaryl/α,β-unsaturated/α-hetero) is 1. The SMILES string of the molecule is Cc1ccc(C(=O)[C@]23Cc4cnn(-c5ccc(F)cc5)c4C=C2CCN(S(=O)(=O)c2cccc(C)c2)C3)nc1. The van der Waals surface area contributed by atoms with E-state index in [2.05, 4.69) is 10.1 Å². The number of nitrogens with zero attached hydrogens (tertiary/aromatic N) is 4. The van der Waals surface area contributed by atoms with Crippen LogP contribution in [0.25, 0.3) is 11.8 Å². The average Bonchev–Trinajstić information content (AvgIpc) is 3.34. The third kappa shape index (κ3) is 4.31. The summed E-state index contributed by atoms with van der Waals surface area (Å²) in [4.78, 5) is 18.9. The summed E-state index contributed by atoms with van der Waals surface area (Å²) >= 11 is 0. The summed E-state index contributed by atoms with van der Waals surface area (Å²) in [5, 5.41) is 4.55. The molecule has 0 bridgehead atoms. The fourth-order valence-corrected chi connectivity index (χ4v) is 7.19. The number of pyridine rings is 1. The maximum Gasteiger partial charge on any atom is 0.243 e. The number of hydrogen-bond donors (Lipinski definition) is 0. The molecule has 1 saturated heterocycles. The largest absolute Gasteiger partial charge is 0.291 e. The molecule has 1 fully saturated rings. The van der Waals surface area contributed by atoms with E-state index in [0.717, 1.165) is 28.0 Å². The van der Waals surface area contributed by atoms with E-state index in [4.69, 9.17) is 0 Å². The van der Waals surface area contributed by atoms with Crippen molar-refractivity contribution in [3.05, 3.63) is 113 Å². The molecule has 2 aromatic heterocycles. The quantitative estimate of drug-likeness (QED) is 0.334. The molecular formula is C30H27FN4O3S. The molecular weight excluding hydrogens is 515 g/mol. The highest BCUT2D eigenvalue weighted by atomic mass is 32.2. The molecule has 2 aliphatic rings. The van der Waals surface area contributed by atoms with Crippen molar-refractivity contribution in [2.24, 2.45) is 5.41 Å². The Morgan fingerprint density at radius 2 is 1.79 bits per heavy atom. The maximum atomic E-state index is 14.3. The molecule has 0 radical (unpaired) electrons. The molecule has 198 valence electrons. The lowest BCUT2D eigenvalue weighted by Gasteiger charge is -2.44. The molecule has 0 N–H and O–H groups in total. The molecule has 9 heteroatoms. The minimum atomic E-state index is -3.84. The van der Waals surface area contributed by atoms with Gasteiger partial charge in [-0.3, -0.25) is 9.78 Å². The summed E-state index contributed by atoms with van der Waals surface area (Å²) in [5.74, 6) is -0.548. The molecule has 1 aliphatic heterocycles. The lowest BCUT2D eigenvalue weighted by Crippen LogP contribution is -2.53. The Labute approximate surface area is 226 Å². The van der Waals surface area contributed by atoms with Crippen molar-refractivity contribution in [2.45, 2.75) is 31.6 Å². The first-order valence-electron chi connectivity index (χ1n) is 12.8. The second-order valence-electron chi connectivity index (χ2n) is 10.3. The molecule has 4 aromatic rings. The Morgan fingerprint density at radius 3 is 2.51 bits per heavy atom. The summed E-state index contributed by atoms with van der Waals surface area (Å²) in [6.45, 7) is 4.01. The molecule has 1 aliphatic carbocycles. The Kier molecular flexibility index (Phi) is 6.08. The molecule has 2 aromatic carbocycles. The van der Waals surface area contributed by atoms with Gasteiger partial charge in [0.1, 0.15) is 11.5 Å². The predicted octanol–water partition coefficient (Wildman–Crippen LogP) is 4.93. The minimum absolute atomic E-state index is 0.00463. The minimum Gasteiger partial charge on any atom is -0.291 e. The van der Waals surface area contributed by atoms with E-state index < -0.39 is 15.4 Å². The van der Waals surface area contributed by atoms with Crippen LogP contribution in [-0.2, 0) is 16.4 Å². The molecule has 3 heterocycles. The highest BCUT2D eigenvalue weighted by Crippen LogP contribution is 2.47. The predicted molar refractivity (Wildman–Crippen MR) is 145 cm³/mol. The van der Waals surface area contributed by atoms with Crippen LogP contribution in [0.3, 0.4) is 0 Å². The van der Waals surface area contributed by atoms with Gasteiger partial charge in [0.05, 0.1) is 27.9 Å². The van der Waals surface area contributed by atoms with Gasteiger partial charge in [-0.1, -0.05) is 23.8 Å². The van der Waals surface area contributed by atoms with Crippen LogP contribution in [-0.4, -0.2) is 46.4 Å². The second kappa shape index (κ2) is 9.36. The summed E-state index contributed by atoms with van der Waals surface area (Å²) in [7, 11) is -3.84. The highest BCUT2D eigenvalue weighted by Gasteiger charge is 2.51. The van der Waals surface area contributed by atoms with Crippen LogP contribution in [0.15, 0.2) is 83.5 Å². The standard InChI is InChI=1S/C30H27FN4O3S/c1-20-4-3-5-26(14-20)39(37,38)34-13-12-23-15-28-22(18-33-35(28)25-9-7-24(31)8-10-25)16-30(23,19-34)29(36)27-11-6-21(2)17-32-27/h3-11,14-15,17-18H,12-13,16,19H2,1-2H3/t30-/m0/s1. The van der Waals surface area contributed by atoms with Crippen LogP contribution < -0.4 is 0 Å². The van der Waals surface area contributed by atoms with E-state index in [1.165, 1.54) is 16.4 Å². The van der Waals surface area contributed by atoms with E-state index in [1.807, 2.05) is 32.1 Å². The maximum absolute atomic E-state index is 14.3. The number of aromatic nitrogens is 3. The van der Waals surface area contributed by atoms with Crippen molar-refractivity contribution in [2.75, 3.05) is 13.1 Å². The summed E-state index contributed by atoms with van der Waals surface area (Å²) in [6, 6.07) is 16.4. The van der Waals surface area contributed by atoms with Crippen LogP contribution >= 0.6 is 0 Å². The molecule has 1 atom stereocenters.